The highest BCUT2D eigenvalue weighted by molar-refractivity contribution is 8.19. The van der Waals surface area contributed by atoms with Gasteiger partial charge in [-0.3, -0.25) is 9.59 Å². The molecule has 1 fully saturated rings. The van der Waals surface area contributed by atoms with E-state index in [4.69, 9.17) is 4.74 Å². The molecule has 0 N–H and O–H groups in total. The minimum atomic E-state index is -0.310. The summed E-state index contributed by atoms with van der Waals surface area (Å²) in [5.41, 5.74) is 0.487. The normalized spacial score (nSPS) is 16.6. The van der Waals surface area contributed by atoms with Crippen molar-refractivity contribution in [1.82, 2.24) is 0 Å². The first-order valence-corrected chi connectivity index (χ1v) is 8.43. The highest BCUT2D eigenvalue weighted by Gasteiger charge is 2.37. The van der Waals surface area contributed by atoms with Crippen LogP contribution in [0.2, 0.25) is 0 Å². The van der Waals surface area contributed by atoms with E-state index in [0.29, 0.717) is 22.9 Å². The molecule has 2 amide bonds. The van der Waals surface area contributed by atoms with Gasteiger partial charge in [-0.15, -0.1) is 11.3 Å². The predicted octanol–water partition coefficient (Wildman–Crippen LogP) is 4.39. The van der Waals surface area contributed by atoms with Gasteiger partial charge in [0.15, 0.2) is 0 Å². The zero-order chi connectivity index (χ0) is 15.5. The Bertz CT molecular complexity index is 738. The summed E-state index contributed by atoms with van der Waals surface area (Å²) >= 11 is 2.48. The van der Waals surface area contributed by atoms with E-state index in [1.165, 1.54) is 16.2 Å². The van der Waals surface area contributed by atoms with E-state index >= 15 is 0 Å². The molecule has 1 aromatic carbocycles. The maximum absolute atomic E-state index is 12.6. The summed E-state index contributed by atoms with van der Waals surface area (Å²) in [7, 11) is 0. The van der Waals surface area contributed by atoms with Crippen molar-refractivity contribution in [1.29, 1.82) is 0 Å². The summed E-state index contributed by atoms with van der Waals surface area (Å²) in [6.45, 7) is 2.33. The summed E-state index contributed by atoms with van der Waals surface area (Å²) < 4.78 is 5.51. The minimum Gasteiger partial charge on any atom is -0.492 e. The highest BCUT2D eigenvalue weighted by Crippen LogP contribution is 2.39. The van der Waals surface area contributed by atoms with Crippen LogP contribution in [0.15, 0.2) is 46.7 Å². The Morgan fingerprint density at radius 1 is 1.18 bits per heavy atom. The number of carbonyl (C=O) groups excluding carboxylic acids is 2. The molecule has 0 saturated carbocycles. The minimum absolute atomic E-state index is 0.306. The standard InChI is InChI=1S/C16H13NO3S2/c1-2-20-13-8-4-3-7-12(13)17-15(18)14(22-16(17)19)10-11-6-5-9-21-11/h3-10H,2H2,1H3/b14-10+. The van der Waals surface area contributed by atoms with Crippen molar-refractivity contribution < 1.29 is 14.3 Å². The van der Waals surface area contributed by atoms with Crippen LogP contribution in [-0.2, 0) is 4.79 Å². The molecular formula is C16H13NO3S2. The van der Waals surface area contributed by atoms with Crippen LogP contribution in [0.1, 0.15) is 11.8 Å². The molecule has 3 rings (SSSR count). The van der Waals surface area contributed by atoms with Gasteiger partial charge in [0.2, 0.25) is 0 Å². The third kappa shape index (κ3) is 2.80. The smallest absolute Gasteiger partial charge is 0.298 e. The molecule has 1 aliphatic rings. The fraction of sp³-hybridized carbons (Fsp3) is 0.125. The Kier molecular flexibility index (Phi) is 4.31. The molecule has 6 heteroatoms. The molecule has 0 radical (unpaired) electrons. The predicted molar refractivity (Wildman–Crippen MR) is 90.4 cm³/mol. The lowest BCUT2D eigenvalue weighted by atomic mass is 10.2. The molecule has 0 unspecified atom stereocenters. The number of amides is 2. The Balaban J connectivity index is 1.96. The highest BCUT2D eigenvalue weighted by atomic mass is 32.2. The van der Waals surface area contributed by atoms with E-state index in [1.807, 2.05) is 30.5 Å². The largest absolute Gasteiger partial charge is 0.492 e. The zero-order valence-electron chi connectivity index (χ0n) is 11.8. The van der Waals surface area contributed by atoms with Crippen molar-refractivity contribution in [3.8, 4) is 5.75 Å². The van der Waals surface area contributed by atoms with Crippen molar-refractivity contribution in [2.75, 3.05) is 11.5 Å². The van der Waals surface area contributed by atoms with Crippen LogP contribution in [-0.4, -0.2) is 17.8 Å². The second kappa shape index (κ2) is 6.37. The van der Waals surface area contributed by atoms with Crippen LogP contribution in [0.3, 0.4) is 0 Å². The molecule has 1 saturated heterocycles. The molecule has 0 atom stereocenters. The molecule has 2 heterocycles. The van der Waals surface area contributed by atoms with Crippen LogP contribution in [0.25, 0.3) is 6.08 Å². The third-order valence-electron chi connectivity index (χ3n) is 3.02. The van der Waals surface area contributed by atoms with Crippen molar-refractivity contribution in [2.24, 2.45) is 0 Å². The maximum Gasteiger partial charge on any atom is 0.298 e. The average molecular weight is 331 g/mol. The lowest BCUT2D eigenvalue weighted by molar-refractivity contribution is -0.113. The first-order valence-electron chi connectivity index (χ1n) is 6.74. The van der Waals surface area contributed by atoms with Gasteiger partial charge in [-0.1, -0.05) is 18.2 Å². The number of thiophene rings is 1. The Labute approximate surface area is 136 Å². The topological polar surface area (TPSA) is 46.6 Å². The van der Waals surface area contributed by atoms with Gasteiger partial charge in [0.1, 0.15) is 5.75 Å². The quantitative estimate of drug-likeness (QED) is 0.780. The number of imide groups is 1. The van der Waals surface area contributed by atoms with Crippen molar-refractivity contribution >= 4 is 46.0 Å². The first kappa shape index (κ1) is 14.9. The molecule has 22 heavy (non-hydrogen) atoms. The zero-order valence-corrected chi connectivity index (χ0v) is 13.4. The molecule has 1 aromatic heterocycles. The van der Waals surface area contributed by atoms with Crippen LogP contribution >= 0.6 is 23.1 Å². The van der Waals surface area contributed by atoms with Crippen molar-refractivity contribution in [3.63, 3.8) is 0 Å². The summed E-state index contributed by atoms with van der Waals surface area (Å²) in [5.74, 6) is 0.222. The van der Waals surface area contributed by atoms with E-state index in [-0.39, 0.29) is 11.1 Å². The Morgan fingerprint density at radius 3 is 2.73 bits per heavy atom. The molecule has 0 bridgehead atoms. The van der Waals surface area contributed by atoms with E-state index in [9.17, 15) is 9.59 Å². The number of carbonyl (C=O) groups is 2. The molecule has 0 spiro atoms. The van der Waals surface area contributed by atoms with E-state index in [2.05, 4.69) is 0 Å². The summed E-state index contributed by atoms with van der Waals surface area (Å²) in [6.07, 6.45) is 1.75. The van der Waals surface area contributed by atoms with Gasteiger partial charge in [0.25, 0.3) is 11.1 Å². The monoisotopic (exact) mass is 331 g/mol. The first-order chi connectivity index (χ1) is 10.7. The van der Waals surface area contributed by atoms with E-state index in [1.54, 1.807) is 24.3 Å². The van der Waals surface area contributed by atoms with E-state index < -0.39 is 0 Å². The number of thioether (sulfide) groups is 1. The Morgan fingerprint density at radius 2 is 2.00 bits per heavy atom. The van der Waals surface area contributed by atoms with Gasteiger partial charge in [-0.05, 0) is 48.3 Å². The second-order valence-corrected chi connectivity index (χ2v) is 6.41. The van der Waals surface area contributed by atoms with Crippen LogP contribution in [0.5, 0.6) is 5.75 Å². The van der Waals surface area contributed by atoms with Gasteiger partial charge in [-0.25, -0.2) is 4.90 Å². The maximum atomic E-state index is 12.6. The second-order valence-electron chi connectivity index (χ2n) is 4.43. The number of para-hydroxylation sites is 2. The molecule has 0 aliphatic carbocycles. The molecule has 2 aromatic rings. The number of hydrogen-bond donors (Lipinski definition) is 0. The average Bonchev–Trinajstić information content (AvgIpc) is 3.10. The number of hydrogen-bond acceptors (Lipinski definition) is 5. The van der Waals surface area contributed by atoms with Crippen LogP contribution in [0.4, 0.5) is 10.5 Å². The lowest BCUT2D eigenvalue weighted by Gasteiger charge is -2.16. The van der Waals surface area contributed by atoms with Crippen LogP contribution in [0, 0.1) is 0 Å². The number of benzene rings is 1. The summed E-state index contributed by atoms with van der Waals surface area (Å²) in [6, 6.07) is 10.9. The fourth-order valence-corrected chi connectivity index (χ4v) is 3.65. The molecule has 1 aliphatic heterocycles. The van der Waals surface area contributed by atoms with Gasteiger partial charge in [0.05, 0.1) is 17.2 Å². The Hall–Kier alpha value is -2.05. The number of nitrogens with zero attached hydrogens (tertiary/aromatic N) is 1. The number of anilines is 1. The third-order valence-corrected chi connectivity index (χ3v) is 4.71. The van der Waals surface area contributed by atoms with Crippen LogP contribution < -0.4 is 9.64 Å². The lowest BCUT2D eigenvalue weighted by Crippen LogP contribution is -2.28. The van der Waals surface area contributed by atoms with Gasteiger partial charge in [0, 0.05) is 4.88 Å². The molecule has 4 nitrogen and oxygen atoms in total. The van der Waals surface area contributed by atoms with Gasteiger partial charge >= 0.3 is 0 Å². The fourth-order valence-electron chi connectivity index (χ4n) is 2.10. The number of ether oxygens (including phenoxy) is 1. The van der Waals surface area contributed by atoms with Crippen molar-refractivity contribution in [2.45, 2.75) is 6.92 Å². The van der Waals surface area contributed by atoms with Crippen molar-refractivity contribution in [3.05, 3.63) is 51.6 Å². The molecule has 112 valence electrons. The summed E-state index contributed by atoms with van der Waals surface area (Å²) in [4.78, 5) is 27.4. The van der Waals surface area contributed by atoms with E-state index in [0.717, 1.165) is 16.6 Å². The molecular weight excluding hydrogens is 318 g/mol. The van der Waals surface area contributed by atoms with Gasteiger partial charge in [-0.2, -0.15) is 0 Å². The summed E-state index contributed by atoms with van der Waals surface area (Å²) in [5, 5.41) is 1.63. The van der Waals surface area contributed by atoms with Gasteiger partial charge < -0.3 is 4.74 Å². The SMILES string of the molecule is CCOc1ccccc1N1C(=O)S/C(=C/c2cccs2)C1=O. The number of rotatable bonds is 4.